The lowest BCUT2D eigenvalue weighted by Gasteiger charge is -2.31. The molecule has 1 fully saturated rings. The van der Waals surface area contributed by atoms with E-state index in [1.807, 2.05) is 10.7 Å². The van der Waals surface area contributed by atoms with Crippen LogP contribution in [0.2, 0.25) is 0 Å². The van der Waals surface area contributed by atoms with Crippen LogP contribution in [0.4, 0.5) is 5.69 Å². The number of benzene rings is 1. The number of hydrogen-bond donors (Lipinski definition) is 1. The molecule has 1 saturated heterocycles. The lowest BCUT2D eigenvalue weighted by molar-refractivity contribution is -0.116. The summed E-state index contributed by atoms with van der Waals surface area (Å²) in [5, 5.41) is 16.1. The van der Waals surface area contributed by atoms with Crippen molar-refractivity contribution in [2.75, 3.05) is 25.0 Å². The van der Waals surface area contributed by atoms with Crippen LogP contribution < -0.4 is 5.32 Å². The van der Waals surface area contributed by atoms with Gasteiger partial charge in [0.2, 0.25) is 5.91 Å². The Kier molecular flexibility index (Phi) is 5.18. The monoisotopic (exact) mass is 324 g/mol. The fraction of sp³-hybridized carbons (Fsp3) is 0.412. The van der Waals surface area contributed by atoms with Crippen molar-refractivity contribution >= 4 is 11.6 Å². The standard InChI is InChI=1S/C17H20N6O/c18-11-14-3-1-2-4-16(14)21-17(24)7-10-22-8-5-15(6-9-22)23-13-19-12-20-23/h1-4,12-13,15H,5-10H2,(H,21,24). The minimum atomic E-state index is -0.0592. The van der Waals surface area contributed by atoms with E-state index < -0.39 is 0 Å². The first-order chi connectivity index (χ1) is 11.8. The zero-order chi connectivity index (χ0) is 16.8. The number of rotatable bonds is 5. The number of anilines is 1. The Morgan fingerprint density at radius 2 is 2.12 bits per heavy atom. The van der Waals surface area contributed by atoms with Gasteiger partial charge in [-0.05, 0) is 25.0 Å². The quantitative estimate of drug-likeness (QED) is 0.906. The normalized spacial score (nSPS) is 15.8. The van der Waals surface area contributed by atoms with Gasteiger partial charge in [-0.15, -0.1) is 0 Å². The predicted octanol–water partition coefficient (Wildman–Crippen LogP) is 1.82. The van der Waals surface area contributed by atoms with E-state index in [0.29, 0.717) is 23.7 Å². The highest BCUT2D eigenvalue weighted by Gasteiger charge is 2.21. The molecule has 0 spiro atoms. The van der Waals surface area contributed by atoms with Gasteiger partial charge in [0.1, 0.15) is 18.7 Å². The largest absolute Gasteiger partial charge is 0.325 e. The van der Waals surface area contributed by atoms with Crippen LogP contribution in [-0.4, -0.2) is 45.2 Å². The van der Waals surface area contributed by atoms with Crippen LogP contribution >= 0.6 is 0 Å². The molecule has 0 saturated carbocycles. The summed E-state index contributed by atoms with van der Waals surface area (Å²) in [6.07, 6.45) is 5.79. The Bertz CT molecular complexity index is 713. The first-order valence-corrected chi connectivity index (χ1v) is 8.11. The molecule has 0 bridgehead atoms. The van der Waals surface area contributed by atoms with Crippen LogP contribution in [0.15, 0.2) is 36.9 Å². The van der Waals surface area contributed by atoms with Crippen molar-refractivity contribution in [1.82, 2.24) is 19.7 Å². The maximum atomic E-state index is 12.1. The molecule has 0 atom stereocenters. The first-order valence-electron chi connectivity index (χ1n) is 8.11. The van der Waals surface area contributed by atoms with Crippen molar-refractivity contribution < 1.29 is 4.79 Å². The number of hydrogen-bond acceptors (Lipinski definition) is 5. The van der Waals surface area contributed by atoms with E-state index in [-0.39, 0.29) is 5.91 Å². The molecule has 2 heterocycles. The maximum absolute atomic E-state index is 12.1. The van der Waals surface area contributed by atoms with Gasteiger partial charge in [-0.2, -0.15) is 10.4 Å². The van der Waals surface area contributed by atoms with E-state index in [9.17, 15) is 4.79 Å². The smallest absolute Gasteiger partial charge is 0.225 e. The summed E-state index contributed by atoms with van der Waals surface area (Å²) in [7, 11) is 0. The van der Waals surface area contributed by atoms with Crippen LogP contribution in [0.1, 0.15) is 30.9 Å². The third-order valence-electron chi connectivity index (χ3n) is 4.34. The highest BCUT2D eigenvalue weighted by atomic mass is 16.1. The number of nitriles is 1. The van der Waals surface area contributed by atoms with Crippen LogP contribution in [0.25, 0.3) is 0 Å². The third kappa shape index (κ3) is 3.97. The molecule has 1 aliphatic rings. The van der Waals surface area contributed by atoms with Gasteiger partial charge < -0.3 is 10.2 Å². The van der Waals surface area contributed by atoms with Gasteiger partial charge in [0.25, 0.3) is 0 Å². The molecular formula is C17H20N6O. The summed E-state index contributed by atoms with van der Waals surface area (Å²) in [6, 6.07) is 9.53. The number of carbonyl (C=O) groups is 1. The van der Waals surface area contributed by atoms with Crippen LogP contribution in [0, 0.1) is 11.3 Å². The summed E-state index contributed by atoms with van der Waals surface area (Å²) >= 11 is 0. The van der Waals surface area contributed by atoms with Gasteiger partial charge in [-0.1, -0.05) is 12.1 Å². The zero-order valence-electron chi connectivity index (χ0n) is 13.4. The van der Waals surface area contributed by atoms with Crippen LogP contribution in [0.3, 0.4) is 0 Å². The predicted molar refractivity (Wildman–Crippen MR) is 89.1 cm³/mol. The fourth-order valence-corrected chi connectivity index (χ4v) is 2.98. The van der Waals surface area contributed by atoms with E-state index in [1.165, 1.54) is 0 Å². The summed E-state index contributed by atoms with van der Waals surface area (Å²) in [6.45, 7) is 2.63. The van der Waals surface area contributed by atoms with Gasteiger partial charge in [-0.3, -0.25) is 4.79 Å². The number of carbonyl (C=O) groups excluding carboxylic acids is 1. The third-order valence-corrected chi connectivity index (χ3v) is 4.34. The summed E-state index contributed by atoms with van der Waals surface area (Å²) in [5.41, 5.74) is 1.06. The molecule has 1 aromatic heterocycles. The zero-order valence-corrected chi connectivity index (χ0v) is 13.4. The highest BCUT2D eigenvalue weighted by molar-refractivity contribution is 5.92. The van der Waals surface area contributed by atoms with E-state index in [0.717, 1.165) is 32.5 Å². The summed E-state index contributed by atoms with van der Waals surface area (Å²) < 4.78 is 1.92. The fourth-order valence-electron chi connectivity index (χ4n) is 2.98. The number of likely N-dealkylation sites (tertiary alicyclic amines) is 1. The molecule has 24 heavy (non-hydrogen) atoms. The number of para-hydroxylation sites is 1. The van der Waals surface area contributed by atoms with Crippen molar-refractivity contribution in [1.29, 1.82) is 5.26 Å². The molecule has 124 valence electrons. The van der Waals surface area contributed by atoms with Crippen molar-refractivity contribution in [3.05, 3.63) is 42.5 Å². The number of piperidine rings is 1. The average molecular weight is 324 g/mol. The van der Waals surface area contributed by atoms with Gasteiger partial charge in [-0.25, -0.2) is 9.67 Å². The first kappa shape index (κ1) is 16.1. The molecule has 7 nitrogen and oxygen atoms in total. The Morgan fingerprint density at radius 3 is 2.83 bits per heavy atom. The average Bonchev–Trinajstić information content (AvgIpc) is 3.15. The van der Waals surface area contributed by atoms with E-state index >= 15 is 0 Å². The Labute approximate surface area is 140 Å². The SMILES string of the molecule is N#Cc1ccccc1NC(=O)CCN1CCC(n2cncn2)CC1. The number of aromatic nitrogens is 3. The molecule has 3 rings (SSSR count). The van der Waals surface area contributed by atoms with E-state index in [4.69, 9.17) is 5.26 Å². The number of nitrogens with one attached hydrogen (secondary N) is 1. The minimum absolute atomic E-state index is 0.0592. The Hall–Kier alpha value is -2.72. The molecule has 2 aromatic rings. The van der Waals surface area contributed by atoms with Gasteiger partial charge >= 0.3 is 0 Å². The van der Waals surface area contributed by atoms with Crippen LogP contribution in [-0.2, 0) is 4.79 Å². The van der Waals surface area contributed by atoms with Crippen molar-refractivity contribution in [2.24, 2.45) is 0 Å². The van der Waals surface area contributed by atoms with E-state index in [2.05, 4.69) is 26.4 Å². The molecule has 0 unspecified atom stereocenters. The van der Waals surface area contributed by atoms with Crippen molar-refractivity contribution in [3.63, 3.8) is 0 Å². The van der Waals surface area contributed by atoms with Gasteiger partial charge in [0.05, 0.1) is 17.3 Å². The molecule has 1 amide bonds. The highest BCUT2D eigenvalue weighted by Crippen LogP contribution is 2.21. The Morgan fingerprint density at radius 1 is 1.33 bits per heavy atom. The second kappa shape index (κ2) is 7.70. The summed E-state index contributed by atoms with van der Waals surface area (Å²) in [5.74, 6) is -0.0592. The molecule has 7 heteroatoms. The number of nitrogens with zero attached hydrogens (tertiary/aromatic N) is 5. The maximum Gasteiger partial charge on any atom is 0.225 e. The topological polar surface area (TPSA) is 86.8 Å². The second-order valence-electron chi connectivity index (χ2n) is 5.90. The lowest BCUT2D eigenvalue weighted by Crippen LogP contribution is -2.36. The second-order valence-corrected chi connectivity index (χ2v) is 5.90. The molecule has 1 aliphatic heterocycles. The van der Waals surface area contributed by atoms with Crippen LogP contribution in [0.5, 0.6) is 0 Å². The minimum Gasteiger partial charge on any atom is -0.325 e. The van der Waals surface area contributed by atoms with Gasteiger partial charge in [0, 0.05) is 26.1 Å². The van der Waals surface area contributed by atoms with E-state index in [1.54, 1.807) is 30.9 Å². The molecule has 1 N–H and O–H groups in total. The molecule has 0 radical (unpaired) electrons. The molecule has 0 aliphatic carbocycles. The summed E-state index contributed by atoms with van der Waals surface area (Å²) in [4.78, 5) is 18.4. The van der Waals surface area contributed by atoms with Crippen molar-refractivity contribution in [3.8, 4) is 6.07 Å². The molecule has 1 aromatic carbocycles. The lowest BCUT2D eigenvalue weighted by atomic mass is 10.1. The number of amides is 1. The van der Waals surface area contributed by atoms with Gasteiger partial charge in [0.15, 0.2) is 0 Å². The Balaban J connectivity index is 1.43. The van der Waals surface area contributed by atoms with Crippen molar-refractivity contribution in [2.45, 2.75) is 25.3 Å². The molecular weight excluding hydrogens is 304 g/mol.